The molecule has 0 radical (unpaired) electrons. The maximum atomic E-state index is 13.2. The first-order valence-electron chi connectivity index (χ1n) is 4.88. The number of thioether (sulfide) groups is 1. The first-order chi connectivity index (χ1) is 7.25. The van der Waals surface area contributed by atoms with Crippen LogP contribution >= 0.6 is 11.8 Å². The Kier molecular flexibility index (Phi) is 5.65. The van der Waals surface area contributed by atoms with Crippen molar-refractivity contribution >= 4 is 11.8 Å². The Morgan fingerprint density at radius 3 is 2.87 bits per heavy atom. The first kappa shape index (κ1) is 12.5. The van der Waals surface area contributed by atoms with E-state index in [9.17, 15) is 8.78 Å². The summed E-state index contributed by atoms with van der Waals surface area (Å²) >= 11 is 1.78. The minimum absolute atomic E-state index is 0.387. The minimum atomic E-state index is -0.779. The van der Waals surface area contributed by atoms with E-state index in [1.165, 1.54) is 6.07 Å². The summed E-state index contributed by atoms with van der Waals surface area (Å²) in [7, 11) is 0. The van der Waals surface area contributed by atoms with Gasteiger partial charge in [-0.2, -0.15) is 11.8 Å². The molecule has 0 aliphatic carbocycles. The summed E-state index contributed by atoms with van der Waals surface area (Å²) in [6.45, 7) is 1.22. The van der Waals surface area contributed by atoms with Crippen molar-refractivity contribution in [3.63, 3.8) is 0 Å². The summed E-state index contributed by atoms with van der Waals surface area (Å²) < 4.78 is 26.0. The average molecular weight is 231 g/mol. The number of hydrogen-bond donors (Lipinski definition) is 1. The van der Waals surface area contributed by atoms with E-state index in [0.717, 1.165) is 24.8 Å². The lowest BCUT2D eigenvalue weighted by Gasteiger charge is -2.05. The molecule has 1 N–H and O–H groups in total. The van der Waals surface area contributed by atoms with Gasteiger partial charge in [-0.3, -0.25) is 0 Å². The highest BCUT2D eigenvalue weighted by Crippen LogP contribution is 2.10. The standard InChI is InChI=1S/C11H15F2NS/c1-15-7-3-6-14-8-9-4-2-5-10(12)11(9)13/h2,4-5,14H,3,6-8H2,1H3. The Balaban J connectivity index is 2.34. The van der Waals surface area contributed by atoms with Gasteiger partial charge in [-0.05, 0) is 31.0 Å². The molecule has 1 nitrogen and oxygen atoms in total. The molecule has 0 unspecified atom stereocenters. The number of benzene rings is 1. The molecule has 1 aromatic carbocycles. The lowest BCUT2D eigenvalue weighted by molar-refractivity contribution is 0.493. The van der Waals surface area contributed by atoms with E-state index >= 15 is 0 Å². The predicted octanol–water partition coefficient (Wildman–Crippen LogP) is 2.81. The van der Waals surface area contributed by atoms with E-state index in [0.29, 0.717) is 12.1 Å². The van der Waals surface area contributed by atoms with Gasteiger partial charge in [-0.15, -0.1) is 0 Å². The Hall–Kier alpha value is -0.610. The third kappa shape index (κ3) is 4.18. The molecule has 0 bridgehead atoms. The van der Waals surface area contributed by atoms with Crippen molar-refractivity contribution in [3.05, 3.63) is 35.4 Å². The van der Waals surface area contributed by atoms with Gasteiger partial charge in [-0.25, -0.2) is 8.78 Å². The maximum Gasteiger partial charge on any atom is 0.163 e. The van der Waals surface area contributed by atoms with Crippen LogP contribution in [0.1, 0.15) is 12.0 Å². The second kappa shape index (κ2) is 6.80. The number of hydrogen-bond acceptors (Lipinski definition) is 2. The van der Waals surface area contributed by atoms with Crippen LogP contribution in [0.15, 0.2) is 18.2 Å². The van der Waals surface area contributed by atoms with Gasteiger partial charge in [0.25, 0.3) is 0 Å². The summed E-state index contributed by atoms with van der Waals surface area (Å²) in [4.78, 5) is 0. The molecule has 15 heavy (non-hydrogen) atoms. The molecule has 0 amide bonds. The first-order valence-corrected chi connectivity index (χ1v) is 6.27. The molecule has 0 aliphatic rings. The van der Waals surface area contributed by atoms with E-state index < -0.39 is 11.6 Å². The Morgan fingerprint density at radius 1 is 1.33 bits per heavy atom. The maximum absolute atomic E-state index is 13.2. The topological polar surface area (TPSA) is 12.0 Å². The number of rotatable bonds is 6. The van der Waals surface area contributed by atoms with Gasteiger partial charge in [-0.1, -0.05) is 12.1 Å². The molecule has 0 heterocycles. The van der Waals surface area contributed by atoms with Crippen LogP contribution in [0, 0.1) is 11.6 Å². The largest absolute Gasteiger partial charge is 0.313 e. The predicted molar refractivity (Wildman–Crippen MR) is 61.1 cm³/mol. The van der Waals surface area contributed by atoms with Gasteiger partial charge in [0.1, 0.15) is 0 Å². The van der Waals surface area contributed by atoms with Crippen molar-refractivity contribution in [2.75, 3.05) is 18.6 Å². The molecule has 1 rings (SSSR count). The Morgan fingerprint density at radius 2 is 2.13 bits per heavy atom. The van der Waals surface area contributed by atoms with Crippen LogP contribution in [0.2, 0.25) is 0 Å². The fourth-order valence-corrected chi connectivity index (χ4v) is 1.68. The van der Waals surface area contributed by atoms with Gasteiger partial charge in [0, 0.05) is 12.1 Å². The molecule has 0 fully saturated rings. The zero-order chi connectivity index (χ0) is 11.1. The van der Waals surface area contributed by atoms with Crippen LogP contribution in [0.4, 0.5) is 8.78 Å². The van der Waals surface area contributed by atoms with Crippen molar-refractivity contribution in [1.29, 1.82) is 0 Å². The quantitative estimate of drug-likeness (QED) is 0.756. The molecule has 4 heteroatoms. The van der Waals surface area contributed by atoms with Crippen molar-refractivity contribution < 1.29 is 8.78 Å². The Bertz CT molecular complexity index is 305. The van der Waals surface area contributed by atoms with Gasteiger partial charge < -0.3 is 5.32 Å². The summed E-state index contributed by atoms with van der Waals surface area (Å²) in [5, 5.41) is 3.08. The highest BCUT2D eigenvalue weighted by Gasteiger charge is 2.05. The summed E-state index contributed by atoms with van der Waals surface area (Å²) in [5.74, 6) is -0.438. The van der Waals surface area contributed by atoms with Crippen molar-refractivity contribution in [2.45, 2.75) is 13.0 Å². The average Bonchev–Trinajstić information content (AvgIpc) is 2.24. The fraction of sp³-hybridized carbons (Fsp3) is 0.455. The molecule has 0 aliphatic heterocycles. The third-order valence-corrected chi connectivity index (χ3v) is 2.75. The van der Waals surface area contributed by atoms with Crippen molar-refractivity contribution in [3.8, 4) is 0 Å². The van der Waals surface area contributed by atoms with Crippen molar-refractivity contribution in [2.24, 2.45) is 0 Å². The zero-order valence-corrected chi connectivity index (χ0v) is 9.54. The van der Waals surface area contributed by atoms with E-state index in [1.807, 2.05) is 6.26 Å². The third-order valence-electron chi connectivity index (χ3n) is 2.05. The smallest absolute Gasteiger partial charge is 0.163 e. The number of nitrogens with one attached hydrogen (secondary N) is 1. The van der Waals surface area contributed by atoms with Crippen LogP contribution in [-0.2, 0) is 6.54 Å². The molecule has 0 aromatic heterocycles. The second-order valence-electron chi connectivity index (χ2n) is 3.24. The van der Waals surface area contributed by atoms with Gasteiger partial charge in [0.15, 0.2) is 11.6 Å². The summed E-state index contributed by atoms with van der Waals surface area (Å²) in [6, 6.07) is 4.25. The van der Waals surface area contributed by atoms with Crippen LogP contribution in [0.5, 0.6) is 0 Å². The second-order valence-corrected chi connectivity index (χ2v) is 4.22. The highest BCUT2D eigenvalue weighted by molar-refractivity contribution is 7.98. The summed E-state index contributed by atoms with van der Waals surface area (Å²) in [6.07, 6.45) is 3.09. The minimum Gasteiger partial charge on any atom is -0.313 e. The van der Waals surface area contributed by atoms with Gasteiger partial charge in [0.05, 0.1) is 0 Å². The lowest BCUT2D eigenvalue weighted by atomic mass is 10.2. The molecule has 0 saturated heterocycles. The molecular formula is C11H15F2NS. The summed E-state index contributed by atoms with van der Waals surface area (Å²) in [5.41, 5.74) is 0.388. The molecular weight excluding hydrogens is 216 g/mol. The normalized spacial score (nSPS) is 10.6. The lowest BCUT2D eigenvalue weighted by Crippen LogP contribution is -2.16. The van der Waals surface area contributed by atoms with E-state index in [-0.39, 0.29) is 0 Å². The highest BCUT2D eigenvalue weighted by atomic mass is 32.2. The van der Waals surface area contributed by atoms with Crippen molar-refractivity contribution in [1.82, 2.24) is 5.32 Å². The van der Waals surface area contributed by atoms with E-state index in [2.05, 4.69) is 5.32 Å². The molecule has 0 saturated carbocycles. The monoisotopic (exact) mass is 231 g/mol. The van der Waals surface area contributed by atoms with Gasteiger partial charge >= 0.3 is 0 Å². The molecule has 0 atom stereocenters. The Labute approximate surface area is 93.3 Å². The van der Waals surface area contributed by atoms with E-state index in [1.54, 1.807) is 17.8 Å². The SMILES string of the molecule is CSCCCNCc1cccc(F)c1F. The van der Waals surface area contributed by atoms with Crippen LogP contribution in [0.25, 0.3) is 0 Å². The van der Waals surface area contributed by atoms with Crippen LogP contribution in [0.3, 0.4) is 0 Å². The number of halogens is 2. The van der Waals surface area contributed by atoms with Crippen LogP contribution < -0.4 is 5.32 Å². The zero-order valence-electron chi connectivity index (χ0n) is 8.72. The molecule has 0 spiro atoms. The molecule has 1 aromatic rings. The fourth-order valence-electron chi connectivity index (χ4n) is 1.25. The molecule has 84 valence electrons. The van der Waals surface area contributed by atoms with Crippen LogP contribution in [-0.4, -0.2) is 18.6 Å². The van der Waals surface area contributed by atoms with Gasteiger partial charge in [0.2, 0.25) is 0 Å². The van der Waals surface area contributed by atoms with E-state index in [4.69, 9.17) is 0 Å².